The molecular weight excluding hydrogens is 250 g/mol. The monoisotopic (exact) mass is 259 g/mol. The van der Waals surface area contributed by atoms with E-state index in [0.717, 1.165) is 15.4 Å². The molecule has 0 aliphatic rings. The summed E-state index contributed by atoms with van der Waals surface area (Å²) in [7, 11) is 0. The molecule has 0 saturated heterocycles. The Bertz CT molecular complexity index is 745. The van der Waals surface area contributed by atoms with Crippen molar-refractivity contribution in [2.24, 2.45) is 0 Å². The second-order valence-electron chi connectivity index (χ2n) is 3.79. The minimum atomic E-state index is -1.04. The fourth-order valence-corrected chi connectivity index (χ4v) is 2.62. The molecule has 90 valence electrons. The summed E-state index contributed by atoms with van der Waals surface area (Å²) in [6.07, 6.45) is 3.42. The van der Waals surface area contributed by atoms with Gasteiger partial charge in [0.1, 0.15) is 5.69 Å². The first-order valence-electron chi connectivity index (χ1n) is 5.30. The predicted molar refractivity (Wildman–Crippen MR) is 68.0 cm³/mol. The number of hydrogen-bond donors (Lipinski definition) is 1. The Hall–Kier alpha value is -2.21. The SMILES string of the molecule is Cc1ncc(-c2nc(C(=O)O)n3ccccc23)s1. The number of nitrogens with zero attached hydrogens (tertiary/aromatic N) is 3. The van der Waals surface area contributed by atoms with Crippen LogP contribution in [0.3, 0.4) is 0 Å². The maximum absolute atomic E-state index is 11.2. The van der Waals surface area contributed by atoms with Gasteiger partial charge in [0, 0.05) is 12.4 Å². The summed E-state index contributed by atoms with van der Waals surface area (Å²) in [5, 5.41) is 10.1. The van der Waals surface area contributed by atoms with Gasteiger partial charge in [-0.05, 0) is 19.1 Å². The molecule has 3 rings (SSSR count). The van der Waals surface area contributed by atoms with Crippen LogP contribution in [0.1, 0.15) is 15.6 Å². The zero-order valence-electron chi connectivity index (χ0n) is 9.49. The van der Waals surface area contributed by atoms with Crippen molar-refractivity contribution >= 4 is 22.8 Å². The van der Waals surface area contributed by atoms with Crippen LogP contribution in [-0.4, -0.2) is 25.4 Å². The fourth-order valence-electron chi connectivity index (χ4n) is 1.84. The second kappa shape index (κ2) is 3.92. The maximum Gasteiger partial charge on any atom is 0.372 e. The highest BCUT2D eigenvalue weighted by molar-refractivity contribution is 7.15. The minimum Gasteiger partial charge on any atom is -0.475 e. The Kier molecular flexibility index (Phi) is 2.38. The fraction of sp³-hybridized carbons (Fsp3) is 0.0833. The van der Waals surface area contributed by atoms with Crippen molar-refractivity contribution in [3.8, 4) is 10.6 Å². The molecule has 0 saturated carbocycles. The lowest BCUT2D eigenvalue weighted by molar-refractivity contribution is 0.0683. The lowest BCUT2D eigenvalue weighted by Crippen LogP contribution is -2.02. The van der Waals surface area contributed by atoms with Gasteiger partial charge in [0.05, 0.1) is 15.4 Å². The number of aryl methyl sites for hydroxylation is 1. The molecule has 3 heterocycles. The first kappa shape index (κ1) is 10.9. The molecule has 0 aromatic carbocycles. The van der Waals surface area contributed by atoms with Crippen LogP contribution < -0.4 is 0 Å². The van der Waals surface area contributed by atoms with Crippen molar-refractivity contribution in [1.82, 2.24) is 14.4 Å². The van der Waals surface area contributed by atoms with E-state index in [1.807, 2.05) is 19.1 Å². The number of aromatic nitrogens is 3. The summed E-state index contributed by atoms with van der Waals surface area (Å²) >= 11 is 1.50. The lowest BCUT2D eigenvalue weighted by Gasteiger charge is -1.95. The van der Waals surface area contributed by atoms with E-state index in [1.54, 1.807) is 22.9 Å². The number of carbonyl (C=O) groups is 1. The van der Waals surface area contributed by atoms with Crippen LogP contribution in [0.25, 0.3) is 16.1 Å². The van der Waals surface area contributed by atoms with E-state index in [9.17, 15) is 4.79 Å². The van der Waals surface area contributed by atoms with Crippen molar-refractivity contribution in [2.45, 2.75) is 6.92 Å². The van der Waals surface area contributed by atoms with Gasteiger partial charge in [-0.15, -0.1) is 11.3 Å². The second-order valence-corrected chi connectivity index (χ2v) is 5.02. The van der Waals surface area contributed by atoms with Gasteiger partial charge < -0.3 is 5.11 Å². The van der Waals surface area contributed by atoms with Crippen LogP contribution >= 0.6 is 11.3 Å². The van der Waals surface area contributed by atoms with Gasteiger partial charge in [-0.2, -0.15) is 0 Å². The van der Waals surface area contributed by atoms with Crippen molar-refractivity contribution in [1.29, 1.82) is 0 Å². The van der Waals surface area contributed by atoms with Crippen LogP contribution in [0, 0.1) is 6.92 Å². The van der Waals surface area contributed by atoms with Crippen molar-refractivity contribution in [3.63, 3.8) is 0 Å². The molecule has 0 aliphatic heterocycles. The summed E-state index contributed by atoms with van der Waals surface area (Å²) in [6.45, 7) is 1.91. The zero-order chi connectivity index (χ0) is 12.7. The molecular formula is C12H9N3O2S. The molecule has 6 heteroatoms. The van der Waals surface area contributed by atoms with E-state index < -0.39 is 5.97 Å². The van der Waals surface area contributed by atoms with E-state index in [-0.39, 0.29) is 5.82 Å². The number of carboxylic acid groups (broad SMARTS) is 1. The molecule has 0 unspecified atom stereocenters. The van der Waals surface area contributed by atoms with Crippen LogP contribution in [-0.2, 0) is 0 Å². The molecule has 1 N–H and O–H groups in total. The average Bonchev–Trinajstić information content (AvgIpc) is 2.92. The summed E-state index contributed by atoms with van der Waals surface area (Å²) < 4.78 is 1.58. The van der Waals surface area contributed by atoms with E-state index in [4.69, 9.17) is 5.11 Å². The van der Waals surface area contributed by atoms with Crippen LogP contribution in [0.2, 0.25) is 0 Å². The topological polar surface area (TPSA) is 67.5 Å². The Balaban J connectivity index is 2.33. The van der Waals surface area contributed by atoms with E-state index in [1.165, 1.54) is 11.3 Å². The number of aromatic carboxylic acids is 1. The van der Waals surface area contributed by atoms with Gasteiger partial charge in [0.2, 0.25) is 5.82 Å². The summed E-state index contributed by atoms with van der Waals surface area (Å²) in [5.74, 6) is -1.02. The molecule has 0 bridgehead atoms. The Morgan fingerprint density at radius 1 is 1.44 bits per heavy atom. The van der Waals surface area contributed by atoms with Gasteiger partial charge in [0.15, 0.2) is 0 Å². The van der Waals surface area contributed by atoms with E-state index in [2.05, 4.69) is 9.97 Å². The highest BCUT2D eigenvalue weighted by Crippen LogP contribution is 2.29. The smallest absolute Gasteiger partial charge is 0.372 e. The van der Waals surface area contributed by atoms with Gasteiger partial charge in [-0.1, -0.05) is 6.07 Å². The predicted octanol–water partition coefficient (Wildman–Crippen LogP) is 2.46. The third-order valence-electron chi connectivity index (χ3n) is 2.59. The van der Waals surface area contributed by atoms with Gasteiger partial charge in [0.25, 0.3) is 0 Å². The van der Waals surface area contributed by atoms with Crippen LogP contribution in [0.15, 0.2) is 30.6 Å². The highest BCUT2D eigenvalue weighted by atomic mass is 32.1. The summed E-state index contributed by atoms with van der Waals surface area (Å²) in [6, 6.07) is 5.49. The summed E-state index contributed by atoms with van der Waals surface area (Å²) in [5.41, 5.74) is 1.44. The largest absolute Gasteiger partial charge is 0.475 e. The first-order chi connectivity index (χ1) is 8.66. The normalized spacial score (nSPS) is 10.9. The summed E-state index contributed by atoms with van der Waals surface area (Å²) in [4.78, 5) is 20.4. The molecule has 3 aromatic rings. The Morgan fingerprint density at radius 2 is 2.28 bits per heavy atom. The molecule has 0 spiro atoms. The highest BCUT2D eigenvalue weighted by Gasteiger charge is 2.18. The zero-order valence-corrected chi connectivity index (χ0v) is 10.3. The third kappa shape index (κ3) is 1.58. The number of rotatable bonds is 2. The number of carboxylic acids is 1. The Labute approximate surface area is 106 Å². The minimum absolute atomic E-state index is 0.0200. The van der Waals surface area contributed by atoms with Crippen LogP contribution in [0.4, 0.5) is 0 Å². The molecule has 3 aromatic heterocycles. The van der Waals surface area contributed by atoms with Crippen molar-refractivity contribution in [2.75, 3.05) is 0 Å². The molecule has 0 aliphatic carbocycles. The maximum atomic E-state index is 11.2. The molecule has 18 heavy (non-hydrogen) atoms. The Morgan fingerprint density at radius 3 is 2.94 bits per heavy atom. The lowest BCUT2D eigenvalue weighted by atomic mass is 10.3. The van der Waals surface area contributed by atoms with E-state index in [0.29, 0.717) is 5.69 Å². The molecule has 0 radical (unpaired) electrons. The number of imidazole rings is 1. The first-order valence-corrected chi connectivity index (χ1v) is 6.11. The van der Waals surface area contributed by atoms with Crippen LogP contribution in [0.5, 0.6) is 0 Å². The van der Waals surface area contributed by atoms with Crippen molar-refractivity contribution in [3.05, 3.63) is 41.4 Å². The van der Waals surface area contributed by atoms with Crippen molar-refractivity contribution < 1.29 is 9.90 Å². The number of pyridine rings is 1. The quantitative estimate of drug-likeness (QED) is 0.767. The number of hydrogen-bond acceptors (Lipinski definition) is 4. The van der Waals surface area contributed by atoms with Gasteiger partial charge in [-0.3, -0.25) is 4.40 Å². The molecule has 0 amide bonds. The third-order valence-corrected chi connectivity index (χ3v) is 3.51. The van der Waals surface area contributed by atoms with Gasteiger partial charge >= 0.3 is 5.97 Å². The molecule has 0 atom stereocenters. The van der Waals surface area contributed by atoms with Gasteiger partial charge in [-0.25, -0.2) is 14.8 Å². The molecule has 5 nitrogen and oxygen atoms in total. The standard InChI is InChI=1S/C12H9N3O2S/c1-7-13-6-9(18-7)10-8-4-2-3-5-15(8)11(14-10)12(16)17/h2-6H,1H3,(H,16,17). The average molecular weight is 259 g/mol. The number of fused-ring (bicyclic) bond motifs is 1. The molecule has 0 fully saturated rings. The van der Waals surface area contributed by atoms with E-state index >= 15 is 0 Å². The number of thiazole rings is 1.